The Bertz CT molecular complexity index is 1210. The minimum absolute atomic E-state index is 0.0141. The van der Waals surface area contributed by atoms with Crippen LogP contribution in [-0.2, 0) is 20.9 Å². The Balaban J connectivity index is 1.77. The van der Waals surface area contributed by atoms with Crippen molar-refractivity contribution in [2.24, 2.45) is 5.92 Å². The standard InChI is InChI=1S/C29H35N3O5/c1-18(2)26(20(4)37-36)32-27(33)19(3)30-29(35)25(31-28(34)23-11-6-5-7-12-23)17-21-14-15-22-10-8-9-13-24(22)16-21/h5-16,18-20,25-26,36H,17H2,1-4H3,(H,30,35)(H,31,34)(H,32,33)/t19-,20?,25+,26-/m0/s1. The van der Waals surface area contributed by atoms with Crippen molar-refractivity contribution in [3.8, 4) is 0 Å². The molecule has 196 valence electrons. The molecule has 4 N–H and O–H groups in total. The summed E-state index contributed by atoms with van der Waals surface area (Å²) in [5.74, 6) is -1.30. The van der Waals surface area contributed by atoms with Gasteiger partial charge in [-0.25, -0.2) is 4.89 Å². The van der Waals surface area contributed by atoms with Crippen LogP contribution in [0.15, 0.2) is 72.8 Å². The highest BCUT2D eigenvalue weighted by molar-refractivity contribution is 5.98. The summed E-state index contributed by atoms with van der Waals surface area (Å²) >= 11 is 0. The minimum Gasteiger partial charge on any atom is -0.349 e. The predicted octanol–water partition coefficient (Wildman–Crippen LogP) is 3.70. The van der Waals surface area contributed by atoms with E-state index in [2.05, 4.69) is 20.8 Å². The lowest BCUT2D eigenvalue weighted by Gasteiger charge is -2.28. The van der Waals surface area contributed by atoms with E-state index in [1.807, 2.05) is 62.4 Å². The van der Waals surface area contributed by atoms with Crippen molar-refractivity contribution in [2.75, 3.05) is 0 Å². The average molecular weight is 506 g/mol. The summed E-state index contributed by atoms with van der Waals surface area (Å²) in [6, 6.07) is 20.2. The number of fused-ring (bicyclic) bond motifs is 1. The fourth-order valence-corrected chi connectivity index (χ4v) is 4.20. The van der Waals surface area contributed by atoms with Crippen molar-refractivity contribution < 1.29 is 24.5 Å². The summed E-state index contributed by atoms with van der Waals surface area (Å²) < 4.78 is 0. The molecule has 0 saturated carbocycles. The Morgan fingerprint density at radius 2 is 1.43 bits per heavy atom. The third-order valence-electron chi connectivity index (χ3n) is 6.36. The van der Waals surface area contributed by atoms with Crippen molar-refractivity contribution >= 4 is 28.5 Å². The van der Waals surface area contributed by atoms with Crippen LogP contribution in [0.2, 0.25) is 0 Å². The maximum Gasteiger partial charge on any atom is 0.251 e. The van der Waals surface area contributed by atoms with Gasteiger partial charge in [0.15, 0.2) is 0 Å². The molecule has 3 aromatic carbocycles. The minimum atomic E-state index is -0.912. The van der Waals surface area contributed by atoms with Crippen LogP contribution >= 0.6 is 0 Å². The predicted molar refractivity (Wildman–Crippen MR) is 143 cm³/mol. The molecular formula is C29H35N3O5. The molecule has 3 aromatic rings. The van der Waals surface area contributed by atoms with Crippen LogP contribution in [0.4, 0.5) is 0 Å². The molecule has 1 unspecified atom stereocenters. The number of carbonyl (C=O) groups is 3. The highest BCUT2D eigenvalue weighted by Gasteiger charge is 2.29. The van der Waals surface area contributed by atoms with Crippen LogP contribution in [-0.4, -0.2) is 47.2 Å². The molecule has 0 spiro atoms. The molecule has 0 aliphatic heterocycles. The molecule has 0 saturated heterocycles. The van der Waals surface area contributed by atoms with Crippen LogP contribution in [0.25, 0.3) is 10.8 Å². The SMILES string of the molecule is CC(C)[C@H](NC(=O)[C@H](C)NC(=O)[C@@H](Cc1ccc2ccccc2c1)NC(=O)c1ccccc1)C(C)OO. The van der Waals surface area contributed by atoms with Gasteiger partial charge >= 0.3 is 0 Å². The molecule has 0 aromatic heterocycles. The highest BCUT2D eigenvalue weighted by Crippen LogP contribution is 2.17. The molecule has 8 heteroatoms. The Morgan fingerprint density at radius 3 is 2.08 bits per heavy atom. The second kappa shape index (κ2) is 13.0. The van der Waals surface area contributed by atoms with Gasteiger partial charge in [-0.05, 0) is 48.2 Å². The number of nitrogens with one attached hydrogen (secondary N) is 3. The first-order valence-electron chi connectivity index (χ1n) is 12.4. The monoisotopic (exact) mass is 505 g/mol. The summed E-state index contributed by atoms with van der Waals surface area (Å²) in [6.45, 7) is 7.00. The van der Waals surface area contributed by atoms with Crippen molar-refractivity contribution in [1.82, 2.24) is 16.0 Å². The fourth-order valence-electron chi connectivity index (χ4n) is 4.20. The molecule has 0 aliphatic rings. The van der Waals surface area contributed by atoms with Gasteiger partial charge in [-0.3, -0.25) is 19.6 Å². The van der Waals surface area contributed by atoms with Gasteiger partial charge in [0.05, 0.1) is 6.04 Å². The number of hydrogen-bond acceptors (Lipinski definition) is 5. The maximum atomic E-state index is 13.3. The molecule has 0 heterocycles. The average Bonchev–Trinajstić information content (AvgIpc) is 2.90. The lowest BCUT2D eigenvalue weighted by Crippen LogP contribution is -2.56. The van der Waals surface area contributed by atoms with Gasteiger partial charge in [0.2, 0.25) is 11.8 Å². The third kappa shape index (κ3) is 7.62. The zero-order valence-corrected chi connectivity index (χ0v) is 21.6. The summed E-state index contributed by atoms with van der Waals surface area (Å²) in [6.07, 6.45) is -0.384. The van der Waals surface area contributed by atoms with Crippen LogP contribution in [0, 0.1) is 5.92 Å². The lowest BCUT2D eigenvalue weighted by molar-refractivity contribution is -0.281. The zero-order valence-electron chi connectivity index (χ0n) is 21.6. The number of amides is 3. The molecule has 0 fully saturated rings. The van der Waals surface area contributed by atoms with Gasteiger partial charge in [-0.2, -0.15) is 0 Å². The van der Waals surface area contributed by atoms with E-state index < -0.39 is 36.0 Å². The number of carbonyl (C=O) groups excluding carboxylic acids is 3. The number of hydrogen-bond donors (Lipinski definition) is 4. The Kier molecular flexibility index (Phi) is 9.77. The van der Waals surface area contributed by atoms with Gasteiger partial charge in [0.25, 0.3) is 5.91 Å². The van der Waals surface area contributed by atoms with Crippen molar-refractivity contribution in [2.45, 2.75) is 58.3 Å². The van der Waals surface area contributed by atoms with E-state index in [0.29, 0.717) is 5.56 Å². The summed E-state index contributed by atoms with van der Waals surface area (Å²) in [7, 11) is 0. The molecule has 8 nitrogen and oxygen atoms in total. The second-order valence-corrected chi connectivity index (χ2v) is 9.60. The smallest absolute Gasteiger partial charge is 0.251 e. The first-order chi connectivity index (χ1) is 17.7. The van der Waals surface area contributed by atoms with Gasteiger partial charge in [0.1, 0.15) is 18.2 Å². The molecule has 3 amide bonds. The van der Waals surface area contributed by atoms with Crippen molar-refractivity contribution in [3.05, 3.63) is 83.9 Å². The van der Waals surface area contributed by atoms with Crippen LogP contribution in [0.5, 0.6) is 0 Å². The molecular weight excluding hydrogens is 470 g/mol. The van der Waals surface area contributed by atoms with Crippen LogP contribution in [0.3, 0.4) is 0 Å². The lowest BCUT2D eigenvalue weighted by atomic mass is 9.99. The van der Waals surface area contributed by atoms with Gasteiger partial charge < -0.3 is 16.0 Å². The van der Waals surface area contributed by atoms with E-state index in [0.717, 1.165) is 16.3 Å². The van der Waals surface area contributed by atoms with E-state index in [1.165, 1.54) is 0 Å². The van der Waals surface area contributed by atoms with Gasteiger partial charge in [-0.1, -0.05) is 74.5 Å². The van der Waals surface area contributed by atoms with Crippen LogP contribution in [0.1, 0.15) is 43.6 Å². The van der Waals surface area contributed by atoms with E-state index >= 15 is 0 Å². The normalized spacial score (nSPS) is 14.4. The Labute approximate surface area is 217 Å². The Hall–Kier alpha value is -3.75. The van der Waals surface area contributed by atoms with Crippen LogP contribution < -0.4 is 16.0 Å². The number of benzene rings is 3. The molecule has 3 rings (SSSR count). The van der Waals surface area contributed by atoms with E-state index in [9.17, 15) is 14.4 Å². The molecule has 37 heavy (non-hydrogen) atoms. The molecule has 0 radical (unpaired) electrons. The van der Waals surface area contributed by atoms with Gasteiger partial charge in [-0.15, -0.1) is 0 Å². The summed E-state index contributed by atoms with van der Waals surface area (Å²) in [5, 5.41) is 19.5. The first kappa shape index (κ1) is 27.8. The van der Waals surface area contributed by atoms with E-state index in [-0.39, 0.29) is 18.2 Å². The topological polar surface area (TPSA) is 117 Å². The second-order valence-electron chi connectivity index (χ2n) is 9.60. The summed E-state index contributed by atoms with van der Waals surface area (Å²) in [4.78, 5) is 43.5. The van der Waals surface area contributed by atoms with Crippen molar-refractivity contribution in [3.63, 3.8) is 0 Å². The number of rotatable bonds is 11. The zero-order chi connectivity index (χ0) is 26.9. The first-order valence-corrected chi connectivity index (χ1v) is 12.4. The summed E-state index contributed by atoms with van der Waals surface area (Å²) in [5.41, 5.74) is 1.31. The molecule has 0 bridgehead atoms. The van der Waals surface area contributed by atoms with Gasteiger partial charge in [0, 0.05) is 12.0 Å². The van der Waals surface area contributed by atoms with E-state index in [4.69, 9.17) is 5.26 Å². The highest BCUT2D eigenvalue weighted by atomic mass is 17.1. The largest absolute Gasteiger partial charge is 0.349 e. The molecule has 4 atom stereocenters. The van der Waals surface area contributed by atoms with E-state index in [1.54, 1.807) is 38.1 Å². The maximum absolute atomic E-state index is 13.3. The fraction of sp³-hybridized carbons (Fsp3) is 0.345. The quantitative estimate of drug-likeness (QED) is 0.234. The third-order valence-corrected chi connectivity index (χ3v) is 6.36. The molecule has 0 aliphatic carbocycles. The van der Waals surface area contributed by atoms with Crippen molar-refractivity contribution in [1.29, 1.82) is 0 Å². The Morgan fingerprint density at radius 1 is 0.784 bits per heavy atom.